The highest BCUT2D eigenvalue weighted by molar-refractivity contribution is 7.89. The van der Waals surface area contributed by atoms with Gasteiger partial charge in [0.25, 0.3) is 0 Å². The minimum Gasteiger partial charge on any atom is -0.396 e. The number of primary sulfonamides is 1. The Hall–Kier alpha value is -1.51. The molecule has 1 amide bonds. The summed E-state index contributed by atoms with van der Waals surface area (Å²) in [6, 6.07) is 5.07. The molecule has 1 aromatic rings. The first-order chi connectivity index (χ1) is 9.82. The first kappa shape index (κ1) is 15.9. The number of carbonyl (C=O) groups is 1. The number of nitrogens with two attached hydrogens (primary N) is 1. The fraction of sp³-hybridized carbons (Fsp3) is 0.462. The number of nitrogens with zero attached hydrogens (tertiary/aromatic N) is 1. The lowest BCUT2D eigenvalue weighted by molar-refractivity contribution is -0.130. The van der Waals surface area contributed by atoms with Crippen LogP contribution < -0.4 is 5.14 Å². The van der Waals surface area contributed by atoms with Crippen LogP contribution in [0, 0.1) is 5.82 Å². The Labute approximate surface area is 122 Å². The molecular formula is C13H17FN2O4S. The van der Waals surface area contributed by atoms with Gasteiger partial charge in [-0.3, -0.25) is 4.79 Å². The van der Waals surface area contributed by atoms with Crippen LogP contribution >= 0.6 is 0 Å². The second kappa shape index (κ2) is 6.08. The number of aliphatic hydroxyl groups excluding tert-OH is 1. The summed E-state index contributed by atoms with van der Waals surface area (Å²) in [6.07, 6.45) is 0.0800. The number of halogens is 1. The maximum atomic E-state index is 13.0. The molecule has 2 rings (SSSR count). The lowest BCUT2D eigenvalue weighted by atomic mass is 10.0. The molecule has 8 heteroatoms. The fourth-order valence-electron chi connectivity index (χ4n) is 2.53. The first-order valence-electron chi connectivity index (χ1n) is 6.50. The zero-order chi connectivity index (χ0) is 15.6. The van der Waals surface area contributed by atoms with Gasteiger partial charge in [0.1, 0.15) is 11.1 Å². The molecule has 0 aliphatic carbocycles. The summed E-state index contributed by atoms with van der Waals surface area (Å²) < 4.78 is 35.8. The van der Waals surface area contributed by atoms with Crippen LogP contribution in [0.15, 0.2) is 24.3 Å². The van der Waals surface area contributed by atoms with E-state index in [1.165, 1.54) is 29.2 Å². The van der Waals surface area contributed by atoms with Crippen molar-refractivity contribution >= 4 is 15.9 Å². The Bertz CT molecular complexity index is 618. The predicted molar refractivity (Wildman–Crippen MR) is 74.1 cm³/mol. The van der Waals surface area contributed by atoms with Crippen molar-refractivity contribution in [2.75, 3.05) is 13.2 Å². The van der Waals surface area contributed by atoms with E-state index in [1.807, 2.05) is 0 Å². The smallest absolute Gasteiger partial charge is 0.224 e. The van der Waals surface area contributed by atoms with E-state index in [4.69, 9.17) is 10.2 Å². The number of rotatable bonds is 5. The summed E-state index contributed by atoms with van der Waals surface area (Å²) in [5, 5.41) is 13.3. The van der Waals surface area contributed by atoms with Gasteiger partial charge in [-0.25, -0.2) is 17.9 Å². The molecule has 1 saturated heterocycles. The van der Waals surface area contributed by atoms with Gasteiger partial charge in [-0.15, -0.1) is 0 Å². The number of sulfonamides is 1. The topological polar surface area (TPSA) is 101 Å². The molecule has 1 fully saturated rings. The monoisotopic (exact) mass is 316 g/mol. The number of aliphatic hydroxyl groups is 1. The largest absolute Gasteiger partial charge is 0.396 e. The Kier molecular flexibility index (Phi) is 4.60. The molecule has 0 aromatic heterocycles. The second-order valence-corrected chi connectivity index (χ2v) is 6.89. The molecule has 3 N–H and O–H groups in total. The number of hydrogen-bond donors (Lipinski definition) is 2. The van der Waals surface area contributed by atoms with Gasteiger partial charge in [0.2, 0.25) is 15.9 Å². The average molecular weight is 316 g/mol. The van der Waals surface area contributed by atoms with Gasteiger partial charge in [-0.1, -0.05) is 12.1 Å². The van der Waals surface area contributed by atoms with E-state index in [0.717, 1.165) is 0 Å². The molecule has 0 bridgehead atoms. The summed E-state index contributed by atoms with van der Waals surface area (Å²) in [5.41, 5.74) is 0.647. The summed E-state index contributed by atoms with van der Waals surface area (Å²) in [6.45, 7) is -0.189. The quantitative estimate of drug-likeness (QED) is 0.807. The van der Waals surface area contributed by atoms with E-state index in [-0.39, 0.29) is 31.9 Å². The molecule has 2 atom stereocenters. The van der Waals surface area contributed by atoms with E-state index in [9.17, 15) is 17.6 Å². The van der Waals surface area contributed by atoms with Gasteiger partial charge in [0, 0.05) is 19.6 Å². The van der Waals surface area contributed by atoms with Crippen molar-refractivity contribution in [2.45, 2.75) is 24.1 Å². The van der Waals surface area contributed by atoms with Crippen molar-refractivity contribution in [2.24, 2.45) is 5.14 Å². The van der Waals surface area contributed by atoms with Crippen LogP contribution in [0.5, 0.6) is 0 Å². The normalized spacial score (nSPS) is 20.8. The maximum absolute atomic E-state index is 13.0. The molecule has 0 spiro atoms. The number of benzene rings is 1. The van der Waals surface area contributed by atoms with Crippen LogP contribution in [0.25, 0.3) is 0 Å². The Morgan fingerprint density at radius 1 is 1.38 bits per heavy atom. The van der Waals surface area contributed by atoms with E-state index in [0.29, 0.717) is 5.56 Å². The van der Waals surface area contributed by atoms with Crippen LogP contribution in [-0.2, 0) is 14.8 Å². The van der Waals surface area contributed by atoms with Crippen LogP contribution in [-0.4, -0.2) is 42.7 Å². The highest BCUT2D eigenvalue weighted by Crippen LogP contribution is 2.30. The molecular weight excluding hydrogens is 299 g/mol. The van der Waals surface area contributed by atoms with E-state index < -0.39 is 27.1 Å². The SMILES string of the molecule is NS(=O)(=O)C1CC(=O)N(C(CCO)c2ccc(F)cc2)C1. The van der Waals surface area contributed by atoms with Gasteiger partial charge < -0.3 is 10.0 Å². The molecule has 6 nitrogen and oxygen atoms in total. The molecule has 2 unspecified atom stereocenters. The summed E-state index contributed by atoms with van der Waals surface area (Å²) in [7, 11) is -3.79. The van der Waals surface area contributed by atoms with Crippen molar-refractivity contribution in [3.63, 3.8) is 0 Å². The third kappa shape index (κ3) is 3.58. The number of likely N-dealkylation sites (tertiary alicyclic amines) is 1. The lowest BCUT2D eigenvalue weighted by Crippen LogP contribution is -2.34. The third-order valence-corrected chi connectivity index (χ3v) is 4.87. The first-order valence-corrected chi connectivity index (χ1v) is 8.11. The summed E-state index contributed by atoms with van der Waals surface area (Å²) in [4.78, 5) is 13.4. The van der Waals surface area contributed by atoms with Crippen molar-refractivity contribution in [3.05, 3.63) is 35.6 Å². The van der Waals surface area contributed by atoms with Crippen LogP contribution in [0.4, 0.5) is 4.39 Å². The molecule has 116 valence electrons. The second-order valence-electron chi connectivity index (χ2n) is 5.04. The Balaban J connectivity index is 2.26. The van der Waals surface area contributed by atoms with Gasteiger partial charge in [0.05, 0.1) is 6.04 Å². The predicted octanol–water partition coefficient (Wildman–Crippen LogP) is 0.139. The van der Waals surface area contributed by atoms with Gasteiger partial charge in [0.15, 0.2) is 0 Å². The van der Waals surface area contributed by atoms with E-state index in [2.05, 4.69) is 0 Å². The third-order valence-electron chi connectivity index (χ3n) is 3.62. The summed E-state index contributed by atoms with van der Waals surface area (Å²) in [5.74, 6) is -0.742. The van der Waals surface area contributed by atoms with Crippen molar-refractivity contribution in [1.82, 2.24) is 4.90 Å². The minimum absolute atomic E-state index is 0.0142. The van der Waals surface area contributed by atoms with Crippen LogP contribution in [0.1, 0.15) is 24.4 Å². The van der Waals surface area contributed by atoms with Crippen LogP contribution in [0.2, 0.25) is 0 Å². The number of hydrogen-bond acceptors (Lipinski definition) is 4. The molecule has 0 radical (unpaired) electrons. The average Bonchev–Trinajstić information content (AvgIpc) is 2.79. The van der Waals surface area contributed by atoms with Crippen molar-refractivity contribution in [1.29, 1.82) is 0 Å². The van der Waals surface area contributed by atoms with Crippen molar-refractivity contribution < 1.29 is 22.7 Å². The molecule has 1 aliphatic heterocycles. The number of carbonyl (C=O) groups excluding carboxylic acids is 1. The fourth-order valence-corrected chi connectivity index (χ4v) is 3.27. The summed E-state index contributed by atoms with van der Waals surface area (Å²) >= 11 is 0. The molecule has 1 aliphatic rings. The highest BCUT2D eigenvalue weighted by Gasteiger charge is 2.39. The number of amides is 1. The van der Waals surface area contributed by atoms with E-state index in [1.54, 1.807) is 0 Å². The zero-order valence-electron chi connectivity index (χ0n) is 11.3. The lowest BCUT2D eigenvalue weighted by Gasteiger charge is -2.28. The van der Waals surface area contributed by atoms with Crippen LogP contribution in [0.3, 0.4) is 0 Å². The van der Waals surface area contributed by atoms with E-state index >= 15 is 0 Å². The van der Waals surface area contributed by atoms with Gasteiger partial charge >= 0.3 is 0 Å². The highest BCUT2D eigenvalue weighted by atomic mass is 32.2. The molecule has 21 heavy (non-hydrogen) atoms. The molecule has 1 aromatic carbocycles. The van der Waals surface area contributed by atoms with Gasteiger partial charge in [-0.05, 0) is 24.1 Å². The molecule has 1 heterocycles. The van der Waals surface area contributed by atoms with Crippen molar-refractivity contribution in [3.8, 4) is 0 Å². The van der Waals surface area contributed by atoms with Gasteiger partial charge in [-0.2, -0.15) is 0 Å². The maximum Gasteiger partial charge on any atom is 0.224 e. The Morgan fingerprint density at radius 3 is 2.48 bits per heavy atom. The standard InChI is InChI=1S/C13H17FN2O4S/c14-10-3-1-9(2-4-10)12(5-6-17)16-8-11(7-13(16)18)21(15,19)20/h1-4,11-12,17H,5-8H2,(H2,15,19,20). The minimum atomic E-state index is -3.79. The molecule has 0 saturated carbocycles. The Morgan fingerprint density at radius 2 is 2.00 bits per heavy atom. The zero-order valence-corrected chi connectivity index (χ0v) is 12.1.